The molecule has 0 unspecified atom stereocenters. The Labute approximate surface area is 89.9 Å². The third kappa shape index (κ3) is 3.60. The highest BCUT2D eigenvalue weighted by atomic mass is 16.5. The van der Waals surface area contributed by atoms with Gasteiger partial charge in [0.25, 0.3) is 5.91 Å². The minimum absolute atomic E-state index is 0.0469. The molecule has 0 aromatic heterocycles. The molecule has 0 saturated carbocycles. The Kier molecular flexibility index (Phi) is 4.23. The largest absolute Gasteiger partial charge is 0.382 e. The van der Waals surface area contributed by atoms with Crippen LogP contribution in [-0.2, 0) is 14.3 Å². The van der Waals surface area contributed by atoms with Crippen molar-refractivity contribution in [2.45, 2.75) is 25.8 Å². The second-order valence-corrected chi connectivity index (χ2v) is 3.93. The molecule has 5 nitrogen and oxygen atoms in total. The maximum Gasteiger partial charge on any atom is 0.252 e. The van der Waals surface area contributed by atoms with Gasteiger partial charge in [-0.2, -0.15) is 0 Å². The highest BCUT2D eigenvalue weighted by Gasteiger charge is 2.33. The highest BCUT2D eigenvalue weighted by molar-refractivity contribution is 6.07. The number of aliphatic imine (C=N–C) groups is 1. The summed E-state index contributed by atoms with van der Waals surface area (Å²) < 4.78 is 10.1. The molecule has 15 heavy (non-hydrogen) atoms. The zero-order valence-corrected chi connectivity index (χ0v) is 9.50. The summed E-state index contributed by atoms with van der Waals surface area (Å²) in [6.45, 7) is 5.30. The van der Waals surface area contributed by atoms with Gasteiger partial charge in [0.15, 0.2) is 0 Å². The SMILES string of the molecule is COCCOCCC1=NC(C)(C)C(=O)N1. The van der Waals surface area contributed by atoms with E-state index in [1.807, 2.05) is 0 Å². The molecule has 86 valence electrons. The van der Waals surface area contributed by atoms with Gasteiger partial charge >= 0.3 is 0 Å². The van der Waals surface area contributed by atoms with Crippen LogP contribution in [0.15, 0.2) is 4.99 Å². The van der Waals surface area contributed by atoms with Crippen LogP contribution in [0.2, 0.25) is 0 Å². The summed E-state index contributed by atoms with van der Waals surface area (Å²) in [5, 5.41) is 2.73. The first-order valence-electron chi connectivity index (χ1n) is 5.03. The van der Waals surface area contributed by atoms with E-state index in [0.29, 0.717) is 32.1 Å². The van der Waals surface area contributed by atoms with E-state index in [0.717, 1.165) is 0 Å². The monoisotopic (exact) mass is 214 g/mol. The molecule has 0 aliphatic carbocycles. The van der Waals surface area contributed by atoms with Crippen molar-refractivity contribution in [3.8, 4) is 0 Å². The molecule has 0 atom stereocenters. The van der Waals surface area contributed by atoms with Gasteiger partial charge in [0.05, 0.1) is 19.8 Å². The molecule has 0 bridgehead atoms. The van der Waals surface area contributed by atoms with E-state index in [1.54, 1.807) is 21.0 Å². The number of rotatable bonds is 6. The predicted octanol–water partition coefficient (Wildman–Crippen LogP) is 0.346. The fourth-order valence-corrected chi connectivity index (χ4v) is 1.23. The van der Waals surface area contributed by atoms with Crippen LogP contribution in [0.1, 0.15) is 20.3 Å². The molecule has 1 heterocycles. The van der Waals surface area contributed by atoms with Crippen LogP contribution >= 0.6 is 0 Å². The van der Waals surface area contributed by atoms with Crippen molar-refractivity contribution in [2.24, 2.45) is 4.99 Å². The molecule has 0 fully saturated rings. The molecule has 1 aliphatic rings. The number of carbonyl (C=O) groups excluding carboxylic acids is 1. The van der Waals surface area contributed by atoms with E-state index in [-0.39, 0.29) is 5.91 Å². The molecule has 0 radical (unpaired) electrons. The summed E-state index contributed by atoms with van der Waals surface area (Å²) in [6, 6.07) is 0. The maximum atomic E-state index is 11.4. The topological polar surface area (TPSA) is 59.9 Å². The Balaban J connectivity index is 2.21. The van der Waals surface area contributed by atoms with Crippen LogP contribution in [0.4, 0.5) is 0 Å². The number of hydrogen-bond donors (Lipinski definition) is 1. The average molecular weight is 214 g/mol. The minimum Gasteiger partial charge on any atom is -0.382 e. The van der Waals surface area contributed by atoms with Crippen molar-refractivity contribution in [2.75, 3.05) is 26.9 Å². The summed E-state index contributed by atoms with van der Waals surface area (Å²) in [5.74, 6) is 0.664. The Morgan fingerprint density at radius 2 is 2.07 bits per heavy atom. The first kappa shape index (κ1) is 12.1. The molecular weight excluding hydrogens is 196 g/mol. The molecular formula is C10H18N2O3. The van der Waals surface area contributed by atoms with Crippen molar-refractivity contribution in [1.29, 1.82) is 0 Å². The number of hydrogen-bond acceptors (Lipinski definition) is 4. The van der Waals surface area contributed by atoms with Crippen LogP contribution in [-0.4, -0.2) is 44.2 Å². The van der Waals surface area contributed by atoms with E-state index < -0.39 is 5.54 Å². The second kappa shape index (κ2) is 5.23. The summed E-state index contributed by atoms with van der Waals surface area (Å²) in [4.78, 5) is 15.6. The van der Waals surface area contributed by atoms with Gasteiger partial charge < -0.3 is 14.8 Å². The molecule has 5 heteroatoms. The lowest BCUT2D eigenvalue weighted by molar-refractivity contribution is -0.122. The maximum absolute atomic E-state index is 11.4. The third-order valence-electron chi connectivity index (χ3n) is 2.14. The predicted molar refractivity (Wildman–Crippen MR) is 57.0 cm³/mol. The van der Waals surface area contributed by atoms with Crippen molar-refractivity contribution < 1.29 is 14.3 Å². The number of methoxy groups -OCH3 is 1. The van der Waals surface area contributed by atoms with Crippen molar-refractivity contribution >= 4 is 11.7 Å². The second-order valence-electron chi connectivity index (χ2n) is 3.93. The third-order valence-corrected chi connectivity index (χ3v) is 2.14. The molecule has 0 spiro atoms. The molecule has 1 rings (SSSR count). The van der Waals surface area contributed by atoms with Gasteiger partial charge in [-0.25, -0.2) is 0 Å². The smallest absolute Gasteiger partial charge is 0.252 e. The van der Waals surface area contributed by atoms with Gasteiger partial charge in [-0.05, 0) is 13.8 Å². The molecule has 0 aromatic carbocycles. The fourth-order valence-electron chi connectivity index (χ4n) is 1.23. The number of ether oxygens (including phenoxy) is 2. The summed E-state index contributed by atoms with van der Waals surface area (Å²) >= 11 is 0. The molecule has 0 aromatic rings. The first-order chi connectivity index (χ1) is 7.06. The zero-order chi connectivity index (χ0) is 11.3. The number of amidine groups is 1. The average Bonchev–Trinajstić information content (AvgIpc) is 2.40. The minimum atomic E-state index is -0.623. The Morgan fingerprint density at radius 3 is 2.60 bits per heavy atom. The zero-order valence-electron chi connectivity index (χ0n) is 9.50. The van der Waals surface area contributed by atoms with Gasteiger partial charge in [0.2, 0.25) is 0 Å². The van der Waals surface area contributed by atoms with E-state index in [1.165, 1.54) is 0 Å². The molecule has 0 saturated heterocycles. The molecule has 1 amide bonds. The van der Waals surface area contributed by atoms with Gasteiger partial charge in [0, 0.05) is 13.5 Å². The molecule has 1 N–H and O–H groups in total. The van der Waals surface area contributed by atoms with Gasteiger partial charge in [-0.3, -0.25) is 9.79 Å². The lowest BCUT2D eigenvalue weighted by Crippen LogP contribution is -2.34. The fraction of sp³-hybridized carbons (Fsp3) is 0.800. The summed E-state index contributed by atoms with van der Waals surface area (Å²) in [6.07, 6.45) is 0.638. The van der Waals surface area contributed by atoms with Gasteiger partial charge in [0.1, 0.15) is 11.4 Å². The van der Waals surface area contributed by atoms with Gasteiger partial charge in [-0.15, -0.1) is 0 Å². The van der Waals surface area contributed by atoms with Crippen LogP contribution in [0.25, 0.3) is 0 Å². The Hall–Kier alpha value is -0.940. The lowest BCUT2D eigenvalue weighted by atomic mass is 10.1. The van der Waals surface area contributed by atoms with Gasteiger partial charge in [-0.1, -0.05) is 0 Å². The van der Waals surface area contributed by atoms with Crippen LogP contribution < -0.4 is 5.32 Å². The number of carbonyl (C=O) groups is 1. The van der Waals surface area contributed by atoms with E-state index >= 15 is 0 Å². The van der Waals surface area contributed by atoms with Crippen molar-refractivity contribution in [3.05, 3.63) is 0 Å². The number of amides is 1. The van der Waals surface area contributed by atoms with E-state index in [2.05, 4.69) is 10.3 Å². The van der Waals surface area contributed by atoms with Crippen LogP contribution in [0, 0.1) is 0 Å². The first-order valence-corrected chi connectivity index (χ1v) is 5.03. The number of nitrogens with one attached hydrogen (secondary N) is 1. The Morgan fingerprint density at radius 1 is 1.33 bits per heavy atom. The summed E-state index contributed by atoms with van der Waals surface area (Å²) in [7, 11) is 1.63. The lowest BCUT2D eigenvalue weighted by Gasteiger charge is -2.07. The normalized spacial score (nSPS) is 18.9. The van der Waals surface area contributed by atoms with Crippen molar-refractivity contribution in [3.63, 3.8) is 0 Å². The van der Waals surface area contributed by atoms with E-state index in [4.69, 9.17) is 9.47 Å². The summed E-state index contributed by atoms with van der Waals surface area (Å²) in [5.41, 5.74) is -0.623. The highest BCUT2D eigenvalue weighted by Crippen LogP contribution is 2.15. The van der Waals surface area contributed by atoms with Crippen LogP contribution in [0.5, 0.6) is 0 Å². The van der Waals surface area contributed by atoms with Crippen LogP contribution in [0.3, 0.4) is 0 Å². The Bertz CT molecular complexity index is 261. The standard InChI is InChI=1S/C10H18N2O3/c1-10(2)9(13)11-8(12-10)4-5-15-7-6-14-3/h4-7H2,1-3H3,(H,11,12,13). The van der Waals surface area contributed by atoms with Crippen molar-refractivity contribution in [1.82, 2.24) is 5.32 Å². The van der Waals surface area contributed by atoms with E-state index in [9.17, 15) is 4.79 Å². The quantitative estimate of drug-likeness (QED) is 0.649. The number of nitrogens with zero attached hydrogens (tertiary/aromatic N) is 1. The molecule has 1 aliphatic heterocycles.